The van der Waals surface area contributed by atoms with Crippen molar-refractivity contribution < 1.29 is 27.8 Å². The van der Waals surface area contributed by atoms with Crippen LogP contribution < -0.4 is 4.90 Å². The number of carbonyl (C=O) groups excluding carboxylic acids is 2. The molecule has 0 saturated heterocycles. The first-order chi connectivity index (χ1) is 14.4. The number of hydrogen-bond acceptors (Lipinski definition) is 5. The van der Waals surface area contributed by atoms with Gasteiger partial charge in [-0.05, 0) is 55.8 Å². The maximum absolute atomic E-state index is 13.5. The Balaban J connectivity index is 2.15. The van der Waals surface area contributed by atoms with Crippen molar-refractivity contribution in [2.24, 2.45) is 0 Å². The number of carbonyl (C=O) groups is 2. The van der Waals surface area contributed by atoms with Crippen LogP contribution in [-0.4, -0.2) is 25.2 Å². The fourth-order valence-corrected chi connectivity index (χ4v) is 3.20. The molecule has 0 aliphatic carbocycles. The van der Waals surface area contributed by atoms with E-state index in [9.17, 15) is 18.4 Å². The van der Waals surface area contributed by atoms with Crippen LogP contribution in [0.25, 0.3) is 0 Å². The van der Waals surface area contributed by atoms with Gasteiger partial charge in [0.25, 0.3) is 0 Å². The van der Waals surface area contributed by atoms with Crippen LogP contribution in [0.1, 0.15) is 25.3 Å². The maximum atomic E-state index is 13.5. The zero-order valence-corrected chi connectivity index (χ0v) is 16.6. The van der Waals surface area contributed by atoms with E-state index >= 15 is 0 Å². The summed E-state index contributed by atoms with van der Waals surface area (Å²) in [6, 6.07) is 11.1. The number of halogens is 2. The van der Waals surface area contributed by atoms with Crippen LogP contribution in [0.5, 0.6) is 0 Å². The molecule has 3 rings (SSSR count). The standard InChI is InChI=1S/C23H21F2NO4/c1-3-29-22(27)19-13-26(18-11-9-17(25)10-12-18)14-20(23(28)30-4-2)21(19)15-5-7-16(24)8-6-15/h5-14,21H,3-4H2,1-2H3. The van der Waals surface area contributed by atoms with E-state index in [-0.39, 0.29) is 24.4 Å². The number of nitrogens with zero attached hydrogens (tertiary/aromatic N) is 1. The van der Waals surface area contributed by atoms with E-state index in [0.717, 1.165) is 0 Å². The Morgan fingerprint density at radius 1 is 0.800 bits per heavy atom. The smallest absolute Gasteiger partial charge is 0.336 e. The van der Waals surface area contributed by atoms with Gasteiger partial charge in [0, 0.05) is 18.1 Å². The Hall–Kier alpha value is -3.48. The number of ether oxygens (including phenoxy) is 2. The van der Waals surface area contributed by atoms with Gasteiger partial charge < -0.3 is 14.4 Å². The van der Waals surface area contributed by atoms with Gasteiger partial charge in [0.1, 0.15) is 11.6 Å². The molecule has 0 saturated carbocycles. The van der Waals surface area contributed by atoms with Gasteiger partial charge in [0.15, 0.2) is 0 Å². The summed E-state index contributed by atoms with van der Waals surface area (Å²) in [4.78, 5) is 27.1. The minimum atomic E-state index is -0.805. The zero-order chi connectivity index (χ0) is 21.7. The summed E-state index contributed by atoms with van der Waals surface area (Å²) < 4.78 is 37.2. The van der Waals surface area contributed by atoms with Crippen molar-refractivity contribution in [2.45, 2.75) is 19.8 Å². The van der Waals surface area contributed by atoms with Gasteiger partial charge >= 0.3 is 11.9 Å². The quantitative estimate of drug-likeness (QED) is 0.655. The second-order valence-electron chi connectivity index (χ2n) is 6.48. The molecule has 0 unspecified atom stereocenters. The van der Waals surface area contributed by atoms with Crippen molar-refractivity contribution in [1.29, 1.82) is 0 Å². The third-order valence-corrected chi connectivity index (χ3v) is 4.53. The van der Waals surface area contributed by atoms with Gasteiger partial charge in [-0.15, -0.1) is 0 Å². The molecule has 0 fully saturated rings. The van der Waals surface area contributed by atoms with Crippen molar-refractivity contribution in [3.8, 4) is 0 Å². The number of anilines is 1. The van der Waals surface area contributed by atoms with Crippen molar-refractivity contribution in [3.05, 3.63) is 89.3 Å². The fourth-order valence-electron chi connectivity index (χ4n) is 3.20. The molecule has 0 radical (unpaired) electrons. The number of esters is 2. The van der Waals surface area contributed by atoms with Crippen LogP contribution >= 0.6 is 0 Å². The number of benzene rings is 2. The molecule has 1 aliphatic rings. The highest BCUT2D eigenvalue weighted by Gasteiger charge is 2.35. The van der Waals surface area contributed by atoms with Gasteiger partial charge in [-0.1, -0.05) is 12.1 Å². The molecule has 5 nitrogen and oxygen atoms in total. The molecule has 2 aromatic carbocycles. The highest BCUT2D eigenvalue weighted by Crippen LogP contribution is 2.38. The van der Waals surface area contributed by atoms with Crippen molar-refractivity contribution in [3.63, 3.8) is 0 Å². The van der Waals surface area contributed by atoms with Crippen LogP contribution in [0.15, 0.2) is 72.1 Å². The Morgan fingerprint density at radius 3 is 1.67 bits per heavy atom. The van der Waals surface area contributed by atoms with Crippen LogP contribution in [0.3, 0.4) is 0 Å². The van der Waals surface area contributed by atoms with Crippen LogP contribution in [0.2, 0.25) is 0 Å². The minimum absolute atomic E-state index is 0.140. The summed E-state index contributed by atoms with van der Waals surface area (Å²) in [6.07, 6.45) is 3.06. The third-order valence-electron chi connectivity index (χ3n) is 4.53. The second kappa shape index (κ2) is 9.35. The molecule has 1 heterocycles. The molecule has 0 N–H and O–H groups in total. The van der Waals surface area contributed by atoms with E-state index in [1.807, 2.05) is 0 Å². The fraction of sp³-hybridized carbons (Fsp3) is 0.217. The van der Waals surface area contributed by atoms with E-state index in [1.54, 1.807) is 13.8 Å². The molecule has 0 atom stereocenters. The molecule has 0 aromatic heterocycles. The summed E-state index contributed by atoms with van der Waals surface area (Å²) in [6.45, 7) is 3.63. The zero-order valence-electron chi connectivity index (χ0n) is 16.6. The molecule has 0 spiro atoms. The molecule has 0 bridgehead atoms. The Labute approximate surface area is 173 Å². The maximum Gasteiger partial charge on any atom is 0.336 e. The van der Waals surface area contributed by atoms with Gasteiger partial charge in [-0.25, -0.2) is 18.4 Å². The second-order valence-corrected chi connectivity index (χ2v) is 6.48. The van der Waals surface area contributed by atoms with Gasteiger partial charge in [-0.3, -0.25) is 0 Å². The predicted molar refractivity (Wildman–Crippen MR) is 107 cm³/mol. The summed E-state index contributed by atoms with van der Waals surface area (Å²) >= 11 is 0. The van der Waals surface area contributed by atoms with Crippen LogP contribution in [0.4, 0.5) is 14.5 Å². The minimum Gasteiger partial charge on any atom is -0.463 e. The van der Waals surface area contributed by atoms with Crippen molar-refractivity contribution in [2.75, 3.05) is 18.1 Å². The lowest BCUT2D eigenvalue weighted by molar-refractivity contribution is -0.139. The first-order valence-corrected chi connectivity index (χ1v) is 9.51. The first kappa shape index (κ1) is 21.2. The molecule has 30 heavy (non-hydrogen) atoms. The summed E-state index contributed by atoms with van der Waals surface area (Å²) in [5, 5.41) is 0. The Kier molecular flexibility index (Phi) is 6.61. The normalized spacial score (nSPS) is 14.1. The van der Waals surface area contributed by atoms with E-state index in [2.05, 4.69) is 0 Å². The SMILES string of the molecule is CCOC(=O)C1=CN(c2ccc(F)cc2)C=C(C(=O)OCC)C1c1ccc(F)cc1. The van der Waals surface area contributed by atoms with Crippen molar-refractivity contribution in [1.82, 2.24) is 0 Å². The first-order valence-electron chi connectivity index (χ1n) is 9.51. The van der Waals surface area contributed by atoms with Gasteiger partial charge in [-0.2, -0.15) is 0 Å². The molecular formula is C23H21F2NO4. The lowest BCUT2D eigenvalue weighted by Crippen LogP contribution is -2.29. The lowest BCUT2D eigenvalue weighted by atomic mass is 9.83. The highest BCUT2D eigenvalue weighted by atomic mass is 19.1. The Bertz CT molecular complexity index is 945. The van der Waals surface area contributed by atoms with E-state index in [1.165, 1.54) is 65.8 Å². The summed E-state index contributed by atoms with van der Waals surface area (Å²) in [5.74, 6) is -2.89. The van der Waals surface area contributed by atoms with Gasteiger partial charge in [0.2, 0.25) is 0 Å². The number of hydrogen-bond donors (Lipinski definition) is 0. The molecular weight excluding hydrogens is 392 g/mol. The topological polar surface area (TPSA) is 55.8 Å². The molecule has 0 amide bonds. The molecule has 7 heteroatoms. The average molecular weight is 413 g/mol. The lowest BCUT2D eigenvalue weighted by Gasteiger charge is -2.30. The third kappa shape index (κ3) is 4.56. The highest BCUT2D eigenvalue weighted by molar-refractivity contribution is 6.00. The molecule has 156 valence electrons. The van der Waals surface area contributed by atoms with Crippen LogP contribution in [0, 0.1) is 11.6 Å². The van der Waals surface area contributed by atoms with Crippen molar-refractivity contribution >= 4 is 17.6 Å². The summed E-state index contributed by atoms with van der Waals surface area (Å²) in [7, 11) is 0. The summed E-state index contributed by atoms with van der Waals surface area (Å²) in [5.41, 5.74) is 1.43. The molecule has 2 aromatic rings. The monoisotopic (exact) mass is 413 g/mol. The predicted octanol–water partition coefficient (Wildman–Crippen LogP) is 4.46. The largest absolute Gasteiger partial charge is 0.463 e. The molecule has 1 aliphatic heterocycles. The van der Waals surface area contributed by atoms with Gasteiger partial charge in [0.05, 0.1) is 30.3 Å². The van der Waals surface area contributed by atoms with E-state index < -0.39 is 29.5 Å². The average Bonchev–Trinajstić information content (AvgIpc) is 2.74. The van der Waals surface area contributed by atoms with E-state index in [0.29, 0.717) is 11.3 Å². The van der Waals surface area contributed by atoms with Crippen LogP contribution in [-0.2, 0) is 19.1 Å². The Morgan fingerprint density at radius 2 is 1.23 bits per heavy atom. The van der Waals surface area contributed by atoms with E-state index in [4.69, 9.17) is 9.47 Å². The number of rotatable bonds is 6.